The number of H-pyrrole nitrogens is 1. The lowest BCUT2D eigenvalue weighted by Gasteiger charge is -2.21. The fourth-order valence-electron chi connectivity index (χ4n) is 5.56. The summed E-state index contributed by atoms with van der Waals surface area (Å²) in [6, 6.07) is 5.97. The largest absolute Gasteiger partial charge is 0.381 e. The zero-order valence-electron chi connectivity index (χ0n) is 19.6. The van der Waals surface area contributed by atoms with Crippen LogP contribution in [0, 0.1) is 6.92 Å². The van der Waals surface area contributed by atoms with Gasteiger partial charge >= 0.3 is 0 Å². The van der Waals surface area contributed by atoms with Crippen LogP contribution < -0.4 is 10.5 Å². The summed E-state index contributed by atoms with van der Waals surface area (Å²) >= 11 is 0. The van der Waals surface area contributed by atoms with E-state index in [1.165, 1.54) is 18.4 Å². The summed E-state index contributed by atoms with van der Waals surface area (Å²) in [5.41, 5.74) is 5.19. The van der Waals surface area contributed by atoms with Crippen molar-refractivity contribution in [2.45, 2.75) is 58.3 Å². The first-order chi connectivity index (χ1) is 17.1. The van der Waals surface area contributed by atoms with E-state index in [2.05, 4.69) is 26.2 Å². The second kappa shape index (κ2) is 8.51. The molecule has 1 saturated carbocycles. The van der Waals surface area contributed by atoms with Crippen LogP contribution in [0.25, 0.3) is 16.7 Å². The molecule has 0 bridgehead atoms. The predicted molar refractivity (Wildman–Crippen MR) is 137 cm³/mol. The summed E-state index contributed by atoms with van der Waals surface area (Å²) < 4.78 is 7.36. The average molecular weight is 487 g/mol. The highest BCUT2D eigenvalue weighted by molar-refractivity contribution is 6.09. The minimum Gasteiger partial charge on any atom is -0.381 e. The third-order valence-corrected chi connectivity index (χ3v) is 7.66. The molecular weight excluding hydrogens is 456 g/mol. The second-order valence-electron chi connectivity index (χ2n) is 9.97. The Morgan fingerprint density at radius 2 is 1.89 bits per heavy atom. The van der Waals surface area contributed by atoms with E-state index in [4.69, 9.17) is 4.74 Å². The number of carbonyl (C=O) groups excluding carboxylic acids is 1. The van der Waals surface area contributed by atoms with Gasteiger partial charge in [0.05, 0.1) is 11.0 Å². The Bertz CT molecular complexity index is 1560. The van der Waals surface area contributed by atoms with Gasteiger partial charge in [0.15, 0.2) is 0 Å². The Kier molecular flexibility index (Phi) is 5.40. The number of carbonyl (C=O) groups is 1. The molecule has 186 valence electrons. The number of aromatic nitrogens is 5. The molecule has 2 fully saturated rings. The van der Waals surface area contributed by atoms with Gasteiger partial charge in [0.2, 0.25) is 5.65 Å². The summed E-state index contributed by atoms with van der Waals surface area (Å²) in [4.78, 5) is 35.9. The fraction of sp³-hybridized carbons (Fsp3) is 0.444. The van der Waals surface area contributed by atoms with Crippen molar-refractivity contribution in [2.24, 2.45) is 0 Å². The van der Waals surface area contributed by atoms with Crippen molar-refractivity contribution in [1.82, 2.24) is 24.6 Å². The number of pyridine rings is 1. The highest BCUT2D eigenvalue weighted by Crippen LogP contribution is 2.41. The van der Waals surface area contributed by atoms with Crippen molar-refractivity contribution in [2.75, 3.05) is 24.7 Å². The van der Waals surface area contributed by atoms with Gasteiger partial charge < -0.3 is 9.72 Å². The molecule has 5 heterocycles. The van der Waals surface area contributed by atoms with Crippen LogP contribution in [0.15, 0.2) is 29.2 Å². The van der Waals surface area contributed by atoms with Crippen LogP contribution >= 0.6 is 0 Å². The van der Waals surface area contributed by atoms with Crippen molar-refractivity contribution < 1.29 is 9.53 Å². The number of nitrogens with one attached hydrogen (secondary N) is 1. The molecule has 1 aromatic carbocycles. The summed E-state index contributed by atoms with van der Waals surface area (Å²) in [5, 5.41) is 8.57. The molecule has 36 heavy (non-hydrogen) atoms. The third-order valence-electron chi connectivity index (χ3n) is 7.66. The summed E-state index contributed by atoms with van der Waals surface area (Å²) in [7, 11) is 0. The molecule has 4 aromatic rings. The molecule has 0 atom stereocenters. The molecule has 0 radical (unpaired) electrons. The Balaban J connectivity index is 0.00000240. The number of benzene rings is 1. The molecular formula is C27H30N6O3. The molecule has 3 aromatic heterocycles. The van der Waals surface area contributed by atoms with Crippen molar-refractivity contribution in [3.05, 3.63) is 62.8 Å². The third kappa shape index (κ3) is 3.52. The first kappa shape index (κ1) is 22.8. The van der Waals surface area contributed by atoms with Gasteiger partial charge in [-0.2, -0.15) is 0 Å². The lowest BCUT2D eigenvalue weighted by Crippen LogP contribution is -2.30. The highest BCUT2D eigenvalue weighted by atomic mass is 16.5. The first-order valence-corrected chi connectivity index (χ1v) is 12.4. The van der Waals surface area contributed by atoms with Gasteiger partial charge in [0.1, 0.15) is 11.6 Å². The van der Waals surface area contributed by atoms with E-state index in [1.807, 2.05) is 23.6 Å². The van der Waals surface area contributed by atoms with E-state index in [-0.39, 0.29) is 30.5 Å². The SMILES string of the molecule is C.Cc1cc2c(cc1C(=O)N1CCc3cc(C4CC4)cnc31)[nH]c(=O)c1nnc(C3CCOCC3)n12. The van der Waals surface area contributed by atoms with Crippen LogP contribution in [0.3, 0.4) is 0 Å². The lowest BCUT2D eigenvalue weighted by atomic mass is 9.99. The molecule has 3 aliphatic rings. The monoisotopic (exact) mass is 486 g/mol. The van der Waals surface area contributed by atoms with E-state index in [0.29, 0.717) is 36.8 Å². The Morgan fingerprint density at radius 1 is 1.08 bits per heavy atom. The normalized spacial score (nSPS) is 18.0. The maximum absolute atomic E-state index is 13.7. The van der Waals surface area contributed by atoms with Crippen LogP contribution in [0.4, 0.5) is 5.82 Å². The van der Waals surface area contributed by atoms with E-state index in [0.717, 1.165) is 47.5 Å². The summed E-state index contributed by atoms with van der Waals surface area (Å²) in [5.74, 6) is 2.25. The smallest absolute Gasteiger partial charge is 0.294 e. The predicted octanol–water partition coefficient (Wildman–Crippen LogP) is 3.88. The molecule has 1 amide bonds. The van der Waals surface area contributed by atoms with E-state index < -0.39 is 0 Å². The van der Waals surface area contributed by atoms with E-state index in [1.54, 1.807) is 11.0 Å². The Morgan fingerprint density at radius 3 is 2.67 bits per heavy atom. The van der Waals surface area contributed by atoms with Gasteiger partial charge in [-0.05, 0) is 73.8 Å². The molecule has 0 unspecified atom stereocenters. The van der Waals surface area contributed by atoms with Crippen LogP contribution in [0.5, 0.6) is 0 Å². The molecule has 2 aliphatic heterocycles. The van der Waals surface area contributed by atoms with E-state index in [9.17, 15) is 9.59 Å². The number of aryl methyl sites for hydroxylation is 1. The quantitative estimate of drug-likeness (QED) is 0.471. The number of fused-ring (bicyclic) bond motifs is 4. The average Bonchev–Trinajstić information content (AvgIpc) is 3.48. The number of ether oxygens (including phenoxy) is 1. The van der Waals surface area contributed by atoms with Crippen molar-refractivity contribution >= 4 is 28.4 Å². The molecule has 0 spiro atoms. The molecule has 7 rings (SSSR count). The first-order valence-electron chi connectivity index (χ1n) is 12.4. The number of rotatable bonds is 3. The lowest BCUT2D eigenvalue weighted by molar-refractivity contribution is 0.0834. The Hall–Kier alpha value is -3.59. The van der Waals surface area contributed by atoms with Crippen LogP contribution in [0.1, 0.15) is 77.8 Å². The van der Waals surface area contributed by atoms with Gasteiger partial charge in [0, 0.05) is 37.4 Å². The number of hydrogen-bond acceptors (Lipinski definition) is 6. The van der Waals surface area contributed by atoms with Gasteiger partial charge in [-0.15, -0.1) is 10.2 Å². The molecule has 9 nitrogen and oxygen atoms in total. The minimum absolute atomic E-state index is 0. The topological polar surface area (TPSA) is 105 Å². The number of aromatic amines is 1. The Labute approximate surface area is 208 Å². The van der Waals surface area contributed by atoms with E-state index >= 15 is 0 Å². The fourth-order valence-corrected chi connectivity index (χ4v) is 5.56. The van der Waals surface area contributed by atoms with Gasteiger partial charge in [-0.3, -0.25) is 18.9 Å². The zero-order valence-corrected chi connectivity index (χ0v) is 19.6. The van der Waals surface area contributed by atoms with Crippen molar-refractivity contribution in [1.29, 1.82) is 0 Å². The summed E-state index contributed by atoms with van der Waals surface area (Å²) in [6.45, 7) is 3.89. The van der Waals surface area contributed by atoms with Crippen molar-refractivity contribution in [3.8, 4) is 0 Å². The summed E-state index contributed by atoms with van der Waals surface area (Å²) in [6.07, 6.45) is 6.88. The van der Waals surface area contributed by atoms with Gasteiger partial charge in [0.25, 0.3) is 11.5 Å². The molecule has 1 saturated heterocycles. The molecule has 1 N–H and O–H groups in total. The van der Waals surface area contributed by atoms with Crippen LogP contribution in [-0.4, -0.2) is 50.2 Å². The van der Waals surface area contributed by atoms with Gasteiger partial charge in [-0.1, -0.05) is 13.5 Å². The van der Waals surface area contributed by atoms with Gasteiger partial charge in [-0.25, -0.2) is 4.98 Å². The second-order valence-corrected chi connectivity index (χ2v) is 9.97. The molecule has 1 aliphatic carbocycles. The maximum atomic E-state index is 13.7. The minimum atomic E-state index is -0.314. The van der Waals surface area contributed by atoms with Crippen LogP contribution in [0.2, 0.25) is 0 Å². The highest BCUT2D eigenvalue weighted by Gasteiger charge is 2.31. The molecule has 9 heteroatoms. The van der Waals surface area contributed by atoms with Crippen LogP contribution in [-0.2, 0) is 11.2 Å². The van der Waals surface area contributed by atoms with Crippen molar-refractivity contribution in [3.63, 3.8) is 0 Å². The zero-order chi connectivity index (χ0) is 23.7. The number of amides is 1. The number of anilines is 1. The maximum Gasteiger partial charge on any atom is 0.294 e. The standard InChI is InChI=1S/C26H26N6O3.CH4/c1-14-10-21-20(28-25(33)24-30-29-23(32(21)24)16-5-8-35-9-6-16)12-19(14)26(34)31-7-4-17-11-18(15-2-3-15)13-27-22(17)31;/h10-13,15-16H,2-9H2,1H3,(H,28,33);1H4. The number of nitrogens with zero attached hydrogens (tertiary/aromatic N) is 5. The number of hydrogen-bond donors (Lipinski definition) is 1.